The van der Waals surface area contributed by atoms with Crippen LogP contribution in [0.5, 0.6) is 5.75 Å². The second-order valence-electron chi connectivity index (χ2n) is 4.69. The Morgan fingerprint density at radius 3 is 2.48 bits per heavy atom. The molecule has 1 aromatic carbocycles. The number of hydrogen-bond acceptors (Lipinski definition) is 5. The summed E-state index contributed by atoms with van der Waals surface area (Å²) in [7, 11) is 0. The lowest BCUT2D eigenvalue weighted by atomic mass is 9.93. The Labute approximate surface area is 123 Å². The summed E-state index contributed by atoms with van der Waals surface area (Å²) >= 11 is 0. The highest BCUT2D eigenvalue weighted by Gasteiger charge is 2.31. The van der Waals surface area contributed by atoms with Gasteiger partial charge in [-0.05, 0) is 31.9 Å². The molecule has 0 saturated carbocycles. The number of nitrogens with two attached hydrogens (primary N) is 1. The number of nitro groups is 1. The van der Waals surface area contributed by atoms with Crippen molar-refractivity contribution in [2.24, 2.45) is 5.73 Å². The largest absolute Gasteiger partial charge is 0.494 e. The molecule has 0 aliphatic carbocycles. The van der Waals surface area contributed by atoms with Crippen LogP contribution in [0.4, 0.5) is 11.4 Å². The lowest BCUT2D eigenvalue weighted by Gasteiger charge is -2.25. The van der Waals surface area contributed by atoms with Crippen LogP contribution in [0, 0.1) is 10.1 Å². The minimum atomic E-state index is -1.04. The Morgan fingerprint density at radius 2 is 2.00 bits per heavy atom. The van der Waals surface area contributed by atoms with Gasteiger partial charge >= 0.3 is 0 Å². The van der Waals surface area contributed by atoms with Gasteiger partial charge in [-0.2, -0.15) is 0 Å². The zero-order valence-corrected chi connectivity index (χ0v) is 12.5. The minimum Gasteiger partial charge on any atom is -0.494 e. The van der Waals surface area contributed by atoms with Crippen molar-refractivity contribution in [3.63, 3.8) is 0 Å². The second-order valence-corrected chi connectivity index (χ2v) is 4.69. The maximum Gasteiger partial charge on any atom is 0.296 e. The highest BCUT2D eigenvalue weighted by Crippen LogP contribution is 2.30. The number of nitrogens with zero attached hydrogens (tertiary/aromatic N) is 1. The van der Waals surface area contributed by atoms with Crippen LogP contribution in [0.15, 0.2) is 18.2 Å². The first-order valence-corrected chi connectivity index (χ1v) is 6.89. The predicted octanol–water partition coefficient (Wildman–Crippen LogP) is 2.45. The molecule has 0 heterocycles. The zero-order chi connectivity index (χ0) is 16.0. The van der Waals surface area contributed by atoms with E-state index in [1.165, 1.54) is 12.1 Å². The SMILES string of the molecule is CCOc1ccc(NC(=O)C(N)(CC)CC)c([N+](=O)[O-])c1. The van der Waals surface area contributed by atoms with E-state index in [0.29, 0.717) is 25.2 Å². The van der Waals surface area contributed by atoms with E-state index in [9.17, 15) is 14.9 Å². The summed E-state index contributed by atoms with van der Waals surface area (Å²) in [5, 5.41) is 13.7. The molecule has 116 valence electrons. The first kappa shape index (κ1) is 16.9. The van der Waals surface area contributed by atoms with E-state index in [1.807, 2.05) is 0 Å². The van der Waals surface area contributed by atoms with E-state index < -0.39 is 16.4 Å². The lowest BCUT2D eigenvalue weighted by Crippen LogP contribution is -2.50. The van der Waals surface area contributed by atoms with Crippen molar-refractivity contribution in [1.82, 2.24) is 0 Å². The molecule has 0 saturated heterocycles. The number of benzene rings is 1. The average Bonchev–Trinajstić information content (AvgIpc) is 2.47. The lowest BCUT2D eigenvalue weighted by molar-refractivity contribution is -0.384. The molecule has 0 atom stereocenters. The number of carbonyl (C=O) groups is 1. The predicted molar refractivity (Wildman–Crippen MR) is 80.4 cm³/mol. The number of amides is 1. The smallest absolute Gasteiger partial charge is 0.296 e. The number of carbonyl (C=O) groups excluding carboxylic acids is 1. The van der Waals surface area contributed by atoms with Crippen LogP contribution in [0.2, 0.25) is 0 Å². The van der Waals surface area contributed by atoms with Gasteiger partial charge in [0.1, 0.15) is 11.4 Å². The molecule has 0 aromatic heterocycles. The monoisotopic (exact) mass is 295 g/mol. The van der Waals surface area contributed by atoms with E-state index in [1.54, 1.807) is 26.8 Å². The van der Waals surface area contributed by atoms with Crippen molar-refractivity contribution in [3.05, 3.63) is 28.3 Å². The van der Waals surface area contributed by atoms with Crippen LogP contribution in [0.3, 0.4) is 0 Å². The minimum absolute atomic E-state index is 0.116. The van der Waals surface area contributed by atoms with Crippen molar-refractivity contribution in [1.29, 1.82) is 0 Å². The normalized spacial score (nSPS) is 11.0. The fourth-order valence-electron chi connectivity index (χ4n) is 1.84. The van der Waals surface area contributed by atoms with Gasteiger partial charge in [-0.15, -0.1) is 0 Å². The van der Waals surface area contributed by atoms with Crippen LogP contribution >= 0.6 is 0 Å². The molecular weight excluding hydrogens is 274 g/mol. The molecular formula is C14H21N3O4. The van der Waals surface area contributed by atoms with Crippen molar-refractivity contribution in [2.75, 3.05) is 11.9 Å². The van der Waals surface area contributed by atoms with Crippen molar-refractivity contribution in [2.45, 2.75) is 39.2 Å². The van der Waals surface area contributed by atoms with Gasteiger partial charge in [0.25, 0.3) is 5.69 Å². The van der Waals surface area contributed by atoms with Gasteiger partial charge in [0.05, 0.1) is 23.1 Å². The highest BCUT2D eigenvalue weighted by molar-refractivity contribution is 5.99. The standard InChI is InChI=1S/C14H21N3O4/c1-4-14(15,5-2)13(18)16-11-8-7-10(21-6-3)9-12(11)17(19)20/h7-9H,4-6,15H2,1-3H3,(H,16,18). The molecule has 21 heavy (non-hydrogen) atoms. The number of hydrogen-bond donors (Lipinski definition) is 2. The maximum atomic E-state index is 12.2. The van der Waals surface area contributed by atoms with Gasteiger partial charge < -0.3 is 15.8 Å². The average molecular weight is 295 g/mol. The molecule has 1 amide bonds. The van der Waals surface area contributed by atoms with Gasteiger partial charge in [0.15, 0.2) is 0 Å². The number of anilines is 1. The molecule has 0 spiro atoms. The summed E-state index contributed by atoms with van der Waals surface area (Å²) in [4.78, 5) is 22.7. The Bertz CT molecular complexity index is 527. The van der Waals surface area contributed by atoms with Gasteiger partial charge in [0.2, 0.25) is 5.91 Å². The first-order valence-electron chi connectivity index (χ1n) is 6.89. The van der Waals surface area contributed by atoms with Crippen molar-refractivity contribution in [3.8, 4) is 5.75 Å². The summed E-state index contributed by atoms with van der Waals surface area (Å²) in [6.45, 7) is 5.79. The van der Waals surface area contributed by atoms with Crippen LogP contribution in [0.1, 0.15) is 33.6 Å². The molecule has 0 radical (unpaired) electrons. The molecule has 7 heteroatoms. The second kappa shape index (κ2) is 7.03. The number of nitro benzene ring substituents is 1. The van der Waals surface area contributed by atoms with Crippen LogP contribution in [-0.4, -0.2) is 23.0 Å². The maximum absolute atomic E-state index is 12.2. The molecule has 1 aromatic rings. The molecule has 0 fully saturated rings. The van der Waals surface area contributed by atoms with Gasteiger partial charge in [-0.1, -0.05) is 13.8 Å². The summed E-state index contributed by atoms with van der Waals surface area (Å²) < 4.78 is 5.22. The molecule has 0 aliphatic heterocycles. The molecule has 7 nitrogen and oxygen atoms in total. The van der Waals surface area contributed by atoms with Crippen LogP contribution in [-0.2, 0) is 4.79 Å². The molecule has 0 bridgehead atoms. The third-order valence-corrected chi connectivity index (χ3v) is 3.44. The first-order chi connectivity index (χ1) is 9.87. The molecule has 0 unspecified atom stereocenters. The van der Waals surface area contributed by atoms with E-state index in [0.717, 1.165) is 0 Å². The van der Waals surface area contributed by atoms with Gasteiger partial charge in [0, 0.05) is 0 Å². The quantitative estimate of drug-likeness (QED) is 0.593. The topological polar surface area (TPSA) is 107 Å². The fraction of sp³-hybridized carbons (Fsp3) is 0.500. The van der Waals surface area contributed by atoms with Crippen LogP contribution in [0.25, 0.3) is 0 Å². The van der Waals surface area contributed by atoms with E-state index in [2.05, 4.69) is 5.32 Å². The Hall–Kier alpha value is -2.15. The third kappa shape index (κ3) is 3.91. The fourth-order valence-corrected chi connectivity index (χ4v) is 1.84. The Morgan fingerprint density at radius 1 is 1.38 bits per heavy atom. The highest BCUT2D eigenvalue weighted by atomic mass is 16.6. The molecule has 0 aliphatic rings. The Balaban J connectivity index is 3.08. The summed E-state index contributed by atoms with van der Waals surface area (Å²) in [6.07, 6.45) is 0.889. The zero-order valence-electron chi connectivity index (χ0n) is 12.5. The van der Waals surface area contributed by atoms with E-state index in [4.69, 9.17) is 10.5 Å². The molecule has 3 N–H and O–H groups in total. The number of ether oxygens (including phenoxy) is 1. The molecule has 1 rings (SSSR count). The summed E-state index contributed by atoms with van der Waals surface area (Å²) in [5.74, 6) is -0.0491. The van der Waals surface area contributed by atoms with Crippen LogP contribution < -0.4 is 15.8 Å². The van der Waals surface area contributed by atoms with Gasteiger partial charge in [-0.25, -0.2) is 0 Å². The number of rotatable bonds is 7. The van der Waals surface area contributed by atoms with Gasteiger partial charge in [-0.3, -0.25) is 14.9 Å². The van der Waals surface area contributed by atoms with E-state index >= 15 is 0 Å². The third-order valence-electron chi connectivity index (χ3n) is 3.44. The van der Waals surface area contributed by atoms with Crippen molar-refractivity contribution < 1.29 is 14.5 Å². The number of nitrogens with one attached hydrogen (secondary N) is 1. The summed E-state index contributed by atoms with van der Waals surface area (Å²) in [6, 6.07) is 4.31. The Kier molecular flexibility index (Phi) is 5.66. The summed E-state index contributed by atoms with van der Waals surface area (Å²) in [5.41, 5.74) is 4.85. The van der Waals surface area contributed by atoms with Crippen molar-refractivity contribution >= 4 is 17.3 Å². The van der Waals surface area contributed by atoms with E-state index in [-0.39, 0.29) is 11.4 Å².